The minimum Gasteiger partial charge on any atom is -0.474 e. The van der Waals surface area contributed by atoms with Crippen molar-refractivity contribution in [1.82, 2.24) is 48.5 Å². The zero-order valence-electron chi connectivity index (χ0n) is 36.9. The van der Waals surface area contributed by atoms with Gasteiger partial charge in [0.25, 0.3) is 5.56 Å². The van der Waals surface area contributed by atoms with Crippen molar-refractivity contribution in [2.75, 3.05) is 31.1 Å². The smallest absolute Gasteiger partial charge is 0.410 e. The number of anilines is 1. The van der Waals surface area contributed by atoms with E-state index in [2.05, 4.69) is 41.7 Å². The number of nitrogens with zero attached hydrogens (tertiary/aromatic N) is 11. The molecule has 0 unspecified atom stereocenters. The molecule has 1 aromatic carbocycles. The topological polar surface area (TPSA) is 204 Å². The van der Waals surface area contributed by atoms with Gasteiger partial charge in [-0.3, -0.25) is 23.5 Å². The fourth-order valence-corrected chi connectivity index (χ4v) is 7.66. The summed E-state index contributed by atoms with van der Waals surface area (Å²) in [7, 11) is 1.63. The number of rotatable bonds is 9. The van der Waals surface area contributed by atoms with E-state index in [4.69, 9.17) is 24.9 Å². The van der Waals surface area contributed by atoms with Crippen LogP contribution in [0.1, 0.15) is 69.2 Å². The second-order valence-corrected chi connectivity index (χ2v) is 16.0. The number of fused-ring (bicyclic) bond motifs is 2. The Kier molecular flexibility index (Phi) is 13.6. The molecule has 1 amide bonds. The standard InChI is InChI=1S/C25H28N8O2.C20H26N4O4/c1-4-5-13-32-21-22(29-24(32)31-12-8-9-17(26)14-31)30(3)25(35)33(23(21)34)15-20-27-16(2)18-10-6-7-11-19(18)28-20;1-13(2)26-20(25)24-10-7-16(8-11-24)27-18-14(3)19(23-12-22-18)28-17-6-5-9-21-15(17)4/h6-7,10-11,17H,8-9,12-15,26H2,1-3H3;5-6,9,12-13,16H,7-8,10-11H2,1-4H3/t17-;/m1./s1. The van der Waals surface area contributed by atoms with Crippen LogP contribution in [0, 0.1) is 32.6 Å². The number of carbonyl (C=O) groups excluding carboxylic acids is 1. The molecule has 8 rings (SSSR count). The number of imidazole rings is 1. The average molecular weight is 859 g/mol. The number of carbonyl (C=O) groups is 1. The normalized spacial score (nSPS) is 15.5. The van der Waals surface area contributed by atoms with E-state index >= 15 is 0 Å². The van der Waals surface area contributed by atoms with E-state index < -0.39 is 11.2 Å². The largest absolute Gasteiger partial charge is 0.474 e. The molecular weight excluding hydrogens is 805 g/mol. The maximum absolute atomic E-state index is 13.7. The van der Waals surface area contributed by atoms with Gasteiger partial charge in [-0.2, -0.15) is 4.98 Å². The van der Waals surface area contributed by atoms with E-state index in [9.17, 15) is 14.4 Å². The van der Waals surface area contributed by atoms with Gasteiger partial charge in [0.2, 0.25) is 17.7 Å². The molecule has 63 heavy (non-hydrogen) atoms. The number of para-hydroxylation sites is 1. The van der Waals surface area contributed by atoms with E-state index in [1.165, 1.54) is 15.5 Å². The van der Waals surface area contributed by atoms with Gasteiger partial charge in [-0.25, -0.2) is 29.5 Å². The van der Waals surface area contributed by atoms with Gasteiger partial charge in [0.05, 0.1) is 36.0 Å². The third-order valence-electron chi connectivity index (χ3n) is 11.0. The van der Waals surface area contributed by atoms with Gasteiger partial charge in [0.15, 0.2) is 16.9 Å². The number of hydrogen-bond donors (Lipinski definition) is 1. The van der Waals surface area contributed by atoms with Crippen LogP contribution in [-0.2, 0) is 24.9 Å². The van der Waals surface area contributed by atoms with E-state index in [0.717, 1.165) is 47.2 Å². The van der Waals surface area contributed by atoms with E-state index in [1.54, 1.807) is 29.6 Å². The van der Waals surface area contributed by atoms with Crippen molar-refractivity contribution in [3.63, 3.8) is 0 Å². The molecule has 7 heterocycles. The lowest BCUT2D eigenvalue weighted by Gasteiger charge is -2.31. The third-order valence-corrected chi connectivity index (χ3v) is 11.0. The van der Waals surface area contributed by atoms with Crippen LogP contribution in [-0.4, -0.2) is 99.0 Å². The van der Waals surface area contributed by atoms with E-state index in [0.29, 0.717) is 72.9 Å². The fourth-order valence-electron chi connectivity index (χ4n) is 7.66. The summed E-state index contributed by atoms with van der Waals surface area (Å²) in [5.74, 6) is 8.54. The summed E-state index contributed by atoms with van der Waals surface area (Å²) < 4.78 is 21.6. The highest BCUT2D eigenvalue weighted by atomic mass is 16.6. The molecule has 0 bridgehead atoms. The maximum Gasteiger partial charge on any atom is 0.410 e. The Bertz CT molecular complexity index is 2800. The Labute approximate surface area is 365 Å². The van der Waals surface area contributed by atoms with Crippen molar-refractivity contribution in [2.24, 2.45) is 12.8 Å². The predicted molar refractivity (Wildman–Crippen MR) is 238 cm³/mol. The molecule has 5 aromatic heterocycles. The number of benzene rings is 1. The van der Waals surface area contributed by atoms with Crippen LogP contribution in [0.4, 0.5) is 10.7 Å². The molecule has 6 aromatic rings. The van der Waals surface area contributed by atoms with E-state index in [1.807, 2.05) is 71.0 Å². The monoisotopic (exact) mass is 858 g/mol. The van der Waals surface area contributed by atoms with Crippen LogP contribution < -0.4 is 31.4 Å². The Morgan fingerprint density at radius 3 is 2.41 bits per heavy atom. The van der Waals surface area contributed by atoms with Gasteiger partial charge < -0.3 is 29.7 Å². The van der Waals surface area contributed by atoms with Gasteiger partial charge >= 0.3 is 11.8 Å². The zero-order chi connectivity index (χ0) is 44.8. The van der Waals surface area contributed by atoms with Crippen LogP contribution in [0.3, 0.4) is 0 Å². The number of ether oxygens (including phenoxy) is 3. The number of hydrogen-bond acceptors (Lipinski definition) is 14. The van der Waals surface area contributed by atoms with Gasteiger partial charge in [0.1, 0.15) is 18.3 Å². The van der Waals surface area contributed by atoms with Crippen molar-refractivity contribution in [3.8, 4) is 29.4 Å². The number of aryl methyl sites for hydroxylation is 3. The summed E-state index contributed by atoms with van der Waals surface area (Å²) in [5, 5.41) is 0.938. The SMILES string of the molecule is CC#CCn1c(N2CCC[C@@H](N)C2)nc2c1c(=O)n(Cc1nc(C)c3ccccc3n1)c(=O)n2C.Cc1ncccc1Oc1ncnc(OC2CCN(C(=O)OC(C)C)CC2)c1C. The molecule has 0 spiro atoms. The van der Waals surface area contributed by atoms with Gasteiger partial charge in [-0.1, -0.05) is 24.1 Å². The molecular formula is C45H54N12O6. The molecule has 2 N–H and O–H groups in total. The van der Waals surface area contributed by atoms with Crippen LogP contribution in [0.25, 0.3) is 22.1 Å². The number of aromatic nitrogens is 9. The minimum absolute atomic E-state index is 0.0234. The second kappa shape index (κ2) is 19.5. The van der Waals surface area contributed by atoms with Crippen LogP contribution in [0.2, 0.25) is 0 Å². The molecule has 2 fully saturated rings. The number of piperidine rings is 2. The van der Waals surface area contributed by atoms with Crippen molar-refractivity contribution in [1.29, 1.82) is 0 Å². The fraction of sp³-hybridized carbons (Fsp3) is 0.444. The predicted octanol–water partition coefficient (Wildman–Crippen LogP) is 4.82. The van der Waals surface area contributed by atoms with Crippen molar-refractivity contribution >= 4 is 34.1 Å². The summed E-state index contributed by atoms with van der Waals surface area (Å²) in [4.78, 5) is 69.4. The zero-order valence-corrected chi connectivity index (χ0v) is 36.9. The Balaban J connectivity index is 0.000000194. The summed E-state index contributed by atoms with van der Waals surface area (Å²) in [5.41, 5.74) is 9.05. The van der Waals surface area contributed by atoms with Gasteiger partial charge in [0, 0.05) is 69.4 Å². The van der Waals surface area contributed by atoms with Crippen molar-refractivity contribution in [3.05, 3.63) is 92.5 Å². The number of pyridine rings is 1. The number of amides is 1. The minimum atomic E-state index is -0.468. The molecule has 18 nitrogen and oxygen atoms in total. The third kappa shape index (κ3) is 9.94. The highest BCUT2D eigenvalue weighted by molar-refractivity contribution is 5.80. The average Bonchev–Trinajstić information content (AvgIpc) is 3.66. The molecule has 2 aliphatic rings. The summed E-state index contributed by atoms with van der Waals surface area (Å²) >= 11 is 0. The highest BCUT2D eigenvalue weighted by Gasteiger charge is 2.28. The van der Waals surface area contributed by atoms with Crippen LogP contribution >= 0.6 is 0 Å². The lowest BCUT2D eigenvalue weighted by atomic mass is 10.1. The lowest BCUT2D eigenvalue weighted by molar-refractivity contribution is 0.0505. The molecule has 330 valence electrons. The van der Waals surface area contributed by atoms with Crippen molar-refractivity contribution in [2.45, 2.75) is 98.6 Å². The quantitative estimate of drug-likeness (QED) is 0.194. The van der Waals surface area contributed by atoms with Gasteiger partial charge in [-0.05, 0) is 72.6 Å². The van der Waals surface area contributed by atoms with Crippen molar-refractivity contribution < 1.29 is 19.0 Å². The van der Waals surface area contributed by atoms with Crippen LogP contribution in [0.15, 0.2) is 58.5 Å². The lowest BCUT2D eigenvalue weighted by Crippen LogP contribution is -2.44. The molecule has 2 aliphatic heterocycles. The molecule has 1 atom stereocenters. The maximum atomic E-state index is 13.7. The number of likely N-dealkylation sites (tertiary alicyclic amines) is 1. The Morgan fingerprint density at radius 2 is 1.68 bits per heavy atom. The summed E-state index contributed by atoms with van der Waals surface area (Å²) in [6.45, 7) is 13.9. The van der Waals surface area contributed by atoms with Crippen LogP contribution in [0.5, 0.6) is 17.5 Å². The molecule has 0 aliphatic carbocycles. The summed E-state index contributed by atoms with van der Waals surface area (Å²) in [6, 6.07) is 11.4. The molecule has 18 heteroatoms. The highest BCUT2D eigenvalue weighted by Crippen LogP contribution is 2.30. The second-order valence-electron chi connectivity index (χ2n) is 16.0. The molecule has 0 radical (unpaired) electrons. The molecule has 0 saturated carbocycles. The first-order valence-electron chi connectivity index (χ1n) is 21.2. The van der Waals surface area contributed by atoms with Gasteiger partial charge in [-0.15, -0.1) is 5.92 Å². The summed E-state index contributed by atoms with van der Waals surface area (Å²) in [6.07, 6.45) is 6.05. The first kappa shape index (κ1) is 44.2. The molecule has 2 saturated heterocycles. The van der Waals surface area contributed by atoms with E-state index in [-0.39, 0.29) is 37.4 Å². The number of nitrogens with two attached hydrogens (primary N) is 1. The first-order valence-corrected chi connectivity index (χ1v) is 21.2. The Morgan fingerprint density at radius 1 is 0.921 bits per heavy atom. The first-order chi connectivity index (χ1) is 30.3. The Hall–Kier alpha value is -6.87.